The fraction of sp³-hybridized carbons (Fsp3) is 0.625. The molecule has 1 aromatic carbocycles. The lowest BCUT2D eigenvalue weighted by molar-refractivity contribution is -0.137. The number of hydrogen-bond donors (Lipinski definition) is 0. The number of hydrogen-bond acceptors (Lipinski definition) is 4. The van der Waals surface area contributed by atoms with Crippen LogP contribution in [-0.2, 0) is 25.5 Å². The minimum Gasteiger partial charge on any atom is -0.399 e. The van der Waals surface area contributed by atoms with E-state index >= 15 is 0 Å². The van der Waals surface area contributed by atoms with Gasteiger partial charge in [-0.15, -0.1) is 0 Å². The van der Waals surface area contributed by atoms with Crippen LogP contribution >= 0.6 is 0 Å². The molecule has 2 fully saturated rings. The van der Waals surface area contributed by atoms with E-state index in [4.69, 9.17) is 9.31 Å². The van der Waals surface area contributed by atoms with Gasteiger partial charge in [0.1, 0.15) is 0 Å². The van der Waals surface area contributed by atoms with E-state index in [2.05, 4.69) is 0 Å². The van der Waals surface area contributed by atoms with E-state index in [0.29, 0.717) is 10.4 Å². The summed E-state index contributed by atoms with van der Waals surface area (Å²) in [6.07, 6.45) is -4.84. The normalized spacial score (nSPS) is 24.2. The zero-order chi connectivity index (χ0) is 21.3. The Morgan fingerprint density at radius 2 is 1.50 bits per heavy atom. The Kier molecular flexibility index (Phi) is 4.70. The first-order valence-electron chi connectivity index (χ1n) is 8.40. The first-order chi connectivity index (χ1) is 12.4. The van der Waals surface area contributed by atoms with Crippen LogP contribution in [0.25, 0.3) is 0 Å². The first kappa shape index (κ1) is 21.5. The lowest BCUT2D eigenvalue weighted by Gasteiger charge is -2.37. The summed E-state index contributed by atoms with van der Waals surface area (Å²) in [6, 6.07) is 2.15. The summed E-state index contributed by atoms with van der Waals surface area (Å²) in [5.41, 5.74) is -3.10. The third-order valence-electron chi connectivity index (χ3n) is 5.23. The number of alkyl halides is 5. The standard InChI is InChI=1S/C16H19BF5NO4S/c1-13(2)14(3,4)27-17(26-13)11-5-10(16(20,21)22)6-12(7-11)28(24,25)23-8-15(18,19)9-23/h5-7H,8-9H2,1-4H3. The number of nitrogens with zero attached hydrogens (tertiary/aromatic N) is 1. The Hall–Kier alpha value is -1.24. The van der Waals surface area contributed by atoms with Crippen molar-refractivity contribution in [1.29, 1.82) is 0 Å². The van der Waals surface area contributed by atoms with Gasteiger partial charge in [-0.3, -0.25) is 0 Å². The van der Waals surface area contributed by atoms with E-state index in [1.807, 2.05) is 0 Å². The highest BCUT2D eigenvalue weighted by atomic mass is 32.2. The largest absolute Gasteiger partial charge is 0.494 e. The van der Waals surface area contributed by atoms with E-state index in [1.54, 1.807) is 27.7 Å². The van der Waals surface area contributed by atoms with Crippen LogP contribution in [0, 0.1) is 0 Å². The zero-order valence-corrected chi connectivity index (χ0v) is 16.4. The maximum absolute atomic E-state index is 13.3. The third kappa shape index (κ3) is 3.67. The van der Waals surface area contributed by atoms with Crippen molar-refractivity contribution in [3.8, 4) is 0 Å². The SMILES string of the molecule is CC1(C)OB(c2cc(C(F)(F)F)cc(S(=O)(=O)N3CC(F)(F)C3)c2)OC1(C)C. The topological polar surface area (TPSA) is 55.8 Å². The summed E-state index contributed by atoms with van der Waals surface area (Å²) >= 11 is 0. The van der Waals surface area contributed by atoms with Gasteiger partial charge in [-0.1, -0.05) is 6.07 Å². The van der Waals surface area contributed by atoms with E-state index in [9.17, 15) is 30.4 Å². The highest BCUT2D eigenvalue weighted by molar-refractivity contribution is 7.89. The molecule has 2 aliphatic heterocycles. The molecular formula is C16H19BF5NO4S. The van der Waals surface area contributed by atoms with Gasteiger partial charge in [0, 0.05) is 0 Å². The van der Waals surface area contributed by atoms with Crippen molar-refractivity contribution >= 4 is 22.6 Å². The maximum atomic E-state index is 13.3. The molecule has 3 rings (SSSR count). The average Bonchev–Trinajstić information content (AvgIpc) is 2.71. The molecule has 5 nitrogen and oxygen atoms in total. The lowest BCUT2D eigenvalue weighted by atomic mass is 9.78. The van der Waals surface area contributed by atoms with Gasteiger partial charge in [-0.05, 0) is 45.3 Å². The van der Waals surface area contributed by atoms with Gasteiger partial charge < -0.3 is 9.31 Å². The minimum atomic E-state index is -4.84. The second-order valence-corrected chi connectivity index (χ2v) is 9.94. The third-order valence-corrected chi connectivity index (χ3v) is 7.00. The molecule has 2 aliphatic rings. The van der Waals surface area contributed by atoms with Crippen LogP contribution < -0.4 is 5.46 Å². The maximum Gasteiger partial charge on any atom is 0.494 e. The molecule has 1 aromatic rings. The smallest absolute Gasteiger partial charge is 0.399 e. The van der Waals surface area contributed by atoms with Gasteiger partial charge in [0.15, 0.2) is 0 Å². The molecule has 0 saturated carbocycles. The monoisotopic (exact) mass is 427 g/mol. The summed E-state index contributed by atoms with van der Waals surface area (Å²) in [4.78, 5) is -0.734. The predicted molar refractivity (Wildman–Crippen MR) is 90.9 cm³/mol. The van der Waals surface area contributed by atoms with Crippen molar-refractivity contribution in [2.45, 2.75) is 55.9 Å². The lowest BCUT2D eigenvalue weighted by Crippen LogP contribution is -2.58. The van der Waals surface area contributed by atoms with Crippen LogP contribution in [0.5, 0.6) is 0 Å². The van der Waals surface area contributed by atoms with Gasteiger partial charge >= 0.3 is 13.3 Å². The molecule has 0 atom stereocenters. The Bertz CT molecular complexity index is 877. The van der Waals surface area contributed by atoms with Crippen LogP contribution in [-0.4, -0.2) is 50.1 Å². The van der Waals surface area contributed by atoms with E-state index in [0.717, 1.165) is 12.1 Å². The molecule has 0 aromatic heterocycles. The molecular weight excluding hydrogens is 408 g/mol. The second-order valence-electron chi connectivity index (χ2n) is 8.01. The highest BCUT2D eigenvalue weighted by Gasteiger charge is 2.53. The van der Waals surface area contributed by atoms with Crippen LogP contribution in [0.4, 0.5) is 22.0 Å². The Morgan fingerprint density at radius 1 is 1.00 bits per heavy atom. The van der Waals surface area contributed by atoms with Crippen molar-refractivity contribution in [1.82, 2.24) is 4.31 Å². The average molecular weight is 427 g/mol. The van der Waals surface area contributed by atoms with E-state index < -0.39 is 64.0 Å². The fourth-order valence-corrected chi connectivity index (χ4v) is 4.42. The molecule has 0 spiro atoms. The van der Waals surface area contributed by atoms with Crippen molar-refractivity contribution < 1.29 is 39.7 Å². The van der Waals surface area contributed by atoms with Gasteiger partial charge in [-0.2, -0.15) is 17.5 Å². The number of halogens is 5. The van der Waals surface area contributed by atoms with Crippen LogP contribution in [0.2, 0.25) is 0 Å². The molecule has 12 heteroatoms. The van der Waals surface area contributed by atoms with Crippen LogP contribution in [0.3, 0.4) is 0 Å². The quantitative estimate of drug-likeness (QED) is 0.550. The van der Waals surface area contributed by atoms with Crippen molar-refractivity contribution in [2.75, 3.05) is 13.1 Å². The molecule has 2 saturated heterocycles. The van der Waals surface area contributed by atoms with Crippen molar-refractivity contribution in [3.05, 3.63) is 23.8 Å². The molecule has 156 valence electrons. The summed E-state index contributed by atoms with van der Waals surface area (Å²) in [7, 11) is -5.76. The van der Waals surface area contributed by atoms with Gasteiger partial charge in [0.25, 0.3) is 5.92 Å². The van der Waals surface area contributed by atoms with Crippen LogP contribution in [0.15, 0.2) is 23.1 Å². The predicted octanol–water partition coefficient (Wildman–Crippen LogP) is 2.64. The number of rotatable bonds is 3. The highest BCUT2D eigenvalue weighted by Crippen LogP contribution is 2.38. The van der Waals surface area contributed by atoms with E-state index in [1.165, 1.54) is 0 Å². The fourth-order valence-electron chi connectivity index (χ4n) is 2.84. The Labute approximate surface area is 160 Å². The summed E-state index contributed by atoms with van der Waals surface area (Å²) in [5, 5.41) is 0. The Balaban J connectivity index is 2.05. The van der Waals surface area contributed by atoms with Gasteiger partial charge in [-0.25, -0.2) is 17.2 Å². The zero-order valence-electron chi connectivity index (χ0n) is 15.6. The molecule has 0 unspecified atom stereocenters. The second kappa shape index (κ2) is 6.13. The summed E-state index contributed by atoms with van der Waals surface area (Å²) < 4.78 is 103. The molecule has 0 aliphatic carbocycles. The molecule has 0 bridgehead atoms. The minimum absolute atomic E-state index is 0.153. The van der Waals surface area contributed by atoms with E-state index in [-0.39, 0.29) is 5.46 Å². The number of benzene rings is 1. The molecule has 0 N–H and O–H groups in total. The summed E-state index contributed by atoms with van der Waals surface area (Å²) in [5.74, 6) is -3.19. The molecule has 28 heavy (non-hydrogen) atoms. The van der Waals surface area contributed by atoms with Crippen molar-refractivity contribution in [3.63, 3.8) is 0 Å². The van der Waals surface area contributed by atoms with Crippen molar-refractivity contribution in [2.24, 2.45) is 0 Å². The number of sulfonamides is 1. The van der Waals surface area contributed by atoms with Gasteiger partial charge in [0.2, 0.25) is 10.0 Å². The molecule has 2 heterocycles. The van der Waals surface area contributed by atoms with Crippen LogP contribution in [0.1, 0.15) is 33.3 Å². The first-order valence-corrected chi connectivity index (χ1v) is 9.84. The molecule has 0 radical (unpaired) electrons. The Morgan fingerprint density at radius 3 is 1.93 bits per heavy atom. The molecule has 0 amide bonds. The summed E-state index contributed by atoms with van der Waals surface area (Å²) in [6.45, 7) is 4.64. The van der Waals surface area contributed by atoms with Gasteiger partial charge in [0.05, 0.1) is 34.8 Å².